The van der Waals surface area contributed by atoms with Crippen LogP contribution in [-0.4, -0.2) is 16.2 Å². The molecule has 0 saturated carbocycles. The highest BCUT2D eigenvalue weighted by Crippen LogP contribution is 2.19. The molecule has 0 aliphatic rings. The second-order valence-corrected chi connectivity index (χ2v) is 5.24. The number of carbonyl (C=O) groups is 1. The molecule has 106 valence electrons. The van der Waals surface area contributed by atoms with Gasteiger partial charge in [-0.3, -0.25) is 0 Å². The van der Waals surface area contributed by atoms with Gasteiger partial charge in [0.2, 0.25) is 5.89 Å². The molecule has 0 bridgehead atoms. The highest BCUT2D eigenvalue weighted by molar-refractivity contribution is 7.08. The molecule has 0 fully saturated rings. The van der Waals surface area contributed by atoms with Gasteiger partial charge in [-0.1, -0.05) is 17.7 Å². The minimum Gasteiger partial charge on any atom is -0.452 e. The molecular weight excluding hydrogens is 288 g/mol. The van der Waals surface area contributed by atoms with Gasteiger partial charge in [0, 0.05) is 10.9 Å². The Hall–Kier alpha value is -2.47. The molecule has 0 aliphatic heterocycles. The van der Waals surface area contributed by atoms with E-state index in [1.54, 1.807) is 11.4 Å². The van der Waals surface area contributed by atoms with Crippen molar-refractivity contribution in [1.82, 2.24) is 10.2 Å². The van der Waals surface area contributed by atoms with Crippen molar-refractivity contribution in [2.24, 2.45) is 0 Å². The van der Waals surface area contributed by atoms with Gasteiger partial charge in [0.15, 0.2) is 6.61 Å². The average Bonchev–Trinajstić information content (AvgIpc) is 3.16. The number of rotatable bonds is 4. The van der Waals surface area contributed by atoms with Crippen LogP contribution < -0.4 is 0 Å². The maximum absolute atomic E-state index is 11.7. The summed E-state index contributed by atoms with van der Waals surface area (Å²) in [4.78, 5) is 11.7. The van der Waals surface area contributed by atoms with Crippen molar-refractivity contribution in [3.05, 3.63) is 58.1 Å². The summed E-state index contributed by atoms with van der Waals surface area (Å²) in [7, 11) is 0. The Morgan fingerprint density at radius 2 is 2.24 bits per heavy atom. The van der Waals surface area contributed by atoms with Crippen molar-refractivity contribution < 1.29 is 13.9 Å². The summed E-state index contributed by atoms with van der Waals surface area (Å²) >= 11 is 1.44. The predicted octanol–water partition coefficient (Wildman–Crippen LogP) is 3.46. The lowest BCUT2D eigenvalue weighted by atomic mass is 10.1. The summed E-state index contributed by atoms with van der Waals surface area (Å²) in [5.41, 5.74) is 2.48. The zero-order valence-corrected chi connectivity index (χ0v) is 12.1. The van der Waals surface area contributed by atoms with Crippen LogP contribution >= 0.6 is 11.3 Å². The normalized spacial score (nSPS) is 10.5. The second-order valence-electron chi connectivity index (χ2n) is 4.46. The molecule has 3 rings (SSSR count). The Bertz CT molecular complexity index is 750. The molecule has 6 heteroatoms. The van der Waals surface area contributed by atoms with Crippen LogP contribution in [0.15, 0.2) is 45.5 Å². The van der Waals surface area contributed by atoms with Gasteiger partial charge in [-0.05, 0) is 30.5 Å². The summed E-state index contributed by atoms with van der Waals surface area (Å²) in [6, 6.07) is 9.46. The van der Waals surface area contributed by atoms with E-state index >= 15 is 0 Å². The molecule has 3 aromatic rings. The third-order valence-corrected chi connectivity index (χ3v) is 3.50. The van der Waals surface area contributed by atoms with Crippen molar-refractivity contribution in [3.63, 3.8) is 0 Å². The Labute approximate surface area is 125 Å². The SMILES string of the molecule is Cc1cccc(-c2nnc(COC(=O)c3ccsc3)o2)c1. The molecule has 5 nitrogen and oxygen atoms in total. The lowest BCUT2D eigenvalue weighted by Gasteiger charge is -1.99. The monoisotopic (exact) mass is 300 g/mol. The van der Waals surface area contributed by atoms with Gasteiger partial charge in [0.25, 0.3) is 5.89 Å². The van der Waals surface area contributed by atoms with Crippen LogP contribution in [0.3, 0.4) is 0 Å². The lowest BCUT2D eigenvalue weighted by molar-refractivity contribution is 0.0439. The van der Waals surface area contributed by atoms with E-state index in [4.69, 9.17) is 9.15 Å². The van der Waals surface area contributed by atoms with Crippen molar-refractivity contribution in [2.75, 3.05) is 0 Å². The van der Waals surface area contributed by atoms with Crippen LogP contribution in [0, 0.1) is 6.92 Å². The first kappa shape index (κ1) is 13.5. The quantitative estimate of drug-likeness (QED) is 0.690. The number of hydrogen-bond donors (Lipinski definition) is 0. The van der Waals surface area contributed by atoms with Crippen molar-refractivity contribution in [1.29, 1.82) is 0 Å². The van der Waals surface area contributed by atoms with Crippen LogP contribution in [0.25, 0.3) is 11.5 Å². The van der Waals surface area contributed by atoms with Crippen molar-refractivity contribution in [2.45, 2.75) is 13.5 Å². The highest BCUT2D eigenvalue weighted by atomic mass is 32.1. The lowest BCUT2D eigenvalue weighted by Crippen LogP contribution is -2.03. The number of hydrogen-bond acceptors (Lipinski definition) is 6. The summed E-state index contributed by atoms with van der Waals surface area (Å²) in [6.07, 6.45) is 0. The molecule has 21 heavy (non-hydrogen) atoms. The number of carbonyl (C=O) groups excluding carboxylic acids is 1. The largest absolute Gasteiger partial charge is 0.452 e. The molecule has 2 heterocycles. The molecule has 0 radical (unpaired) electrons. The van der Waals surface area contributed by atoms with Crippen LogP contribution in [0.5, 0.6) is 0 Å². The van der Waals surface area contributed by atoms with Gasteiger partial charge in [-0.15, -0.1) is 10.2 Å². The van der Waals surface area contributed by atoms with E-state index in [1.165, 1.54) is 11.3 Å². The van der Waals surface area contributed by atoms with E-state index in [2.05, 4.69) is 10.2 Å². The molecule has 0 unspecified atom stereocenters. The van der Waals surface area contributed by atoms with E-state index in [0.717, 1.165) is 11.1 Å². The van der Waals surface area contributed by atoms with Crippen LogP contribution in [0.4, 0.5) is 0 Å². The van der Waals surface area contributed by atoms with E-state index < -0.39 is 5.97 Å². The number of ether oxygens (including phenoxy) is 1. The zero-order valence-electron chi connectivity index (χ0n) is 11.3. The van der Waals surface area contributed by atoms with Gasteiger partial charge >= 0.3 is 5.97 Å². The molecule has 0 spiro atoms. The molecule has 0 atom stereocenters. The van der Waals surface area contributed by atoms with Crippen LogP contribution in [0.2, 0.25) is 0 Å². The maximum atomic E-state index is 11.7. The molecule has 1 aromatic carbocycles. The minimum absolute atomic E-state index is 0.0342. The van der Waals surface area contributed by atoms with Gasteiger partial charge in [0.05, 0.1) is 5.56 Å². The summed E-state index contributed by atoms with van der Waals surface area (Å²) in [5.74, 6) is 0.293. The molecule has 2 aromatic heterocycles. The third-order valence-electron chi connectivity index (χ3n) is 2.82. The topological polar surface area (TPSA) is 65.2 Å². The van der Waals surface area contributed by atoms with E-state index in [9.17, 15) is 4.79 Å². The molecule has 0 aliphatic carbocycles. The molecule has 0 N–H and O–H groups in total. The first-order valence-electron chi connectivity index (χ1n) is 6.31. The van der Waals surface area contributed by atoms with Gasteiger partial charge in [-0.2, -0.15) is 11.3 Å². The number of aromatic nitrogens is 2. The zero-order chi connectivity index (χ0) is 14.7. The van der Waals surface area contributed by atoms with Crippen LogP contribution in [-0.2, 0) is 11.3 Å². The fourth-order valence-corrected chi connectivity index (χ4v) is 2.42. The Morgan fingerprint density at radius 3 is 3.00 bits per heavy atom. The third kappa shape index (κ3) is 3.17. The molecule has 0 amide bonds. The number of benzene rings is 1. The van der Waals surface area contributed by atoms with Gasteiger partial charge in [0.1, 0.15) is 0 Å². The highest BCUT2D eigenvalue weighted by Gasteiger charge is 2.12. The fraction of sp³-hybridized carbons (Fsp3) is 0.133. The summed E-state index contributed by atoms with van der Waals surface area (Å²) < 4.78 is 10.6. The van der Waals surface area contributed by atoms with Crippen molar-refractivity contribution in [3.8, 4) is 11.5 Å². The average molecular weight is 300 g/mol. The first-order chi connectivity index (χ1) is 10.2. The number of esters is 1. The Kier molecular flexibility index (Phi) is 3.79. The van der Waals surface area contributed by atoms with Gasteiger partial charge < -0.3 is 9.15 Å². The standard InChI is InChI=1S/C15H12N2O3S/c1-10-3-2-4-11(7-10)14-17-16-13(20-14)8-19-15(18)12-5-6-21-9-12/h2-7,9H,8H2,1H3. The Morgan fingerprint density at radius 1 is 1.33 bits per heavy atom. The number of nitrogens with zero attached hydrogens (tertiary/aromatic N) is 2. The maximum Gasteiger partial charge on any atom is 0.339 e. The smallest absolute Gasteiger partial charge is 0.339 e. The summed E-state index contributed by atoms with van der Waals surface area (Å²) in [6.45, 7) is 1.96. The van der Waals surface area contributed by atoms with E-state index in [0.29, 0.717) is 11.5 Å². The van der Waals surface area contributed by atoms with E-state index in [1.807, 2.05) is 36.6 Å². The molecule has 0 saturated heterocycles. The summed E-state index contributed by atoms with van der Waals surface area (Å²) in [5, 5.41) is 11.4. The number of thiophene rings is 1. The molecular formula is C15H12N2O3S. The minimum atomic E-state index is -0.397. The second kappa shape index (κ2) is 5.88. The first-order valence-corrected chi connectivity index (χ1v) is 7.25. The van der Waals surface area contributed by atoms with E-state index in [-0.39, 0.29) is 12.5 Å². The number of aryl methyl sites for hydroxylation is 1. The van der Waals surface area contributed by atoms with Crippen molar-refractivity contribution >= 4 is 17.3 Å². The van der Waals surface area contributed by atoms with Crippen LogP contribution in [0.1, 0.15) is 21.8 Å². The predicted molar refractivity (Wildman–Crippen MR) is 77.9 cm³/mol. The van der Waals surface area contributed by atoms with Gasteiger partial charge in [-0.25, -0.2) is 4.79 Å². The Balaban J connectivity index is 1.67. The fourth-order valence-electron chi connectivity index (χ4n) is 1.80.